The first kappa shape index (κ1) is 11.1. The fraction of sp³-hybridized carbons (Fsp3) is 0.462. The van der Waals surface area contributed by atoms with Gasteiger partial charge in [-0.05, 0) is 37.0 Å². The maximum Gasteiger partial charge on any atom is 0.227 e. The second-order valence-electron chi connectivity index (χ2n) is 4.72. The number of nitrogens with one attached hydrogen (secondary N) is 1. The standard InChI is InChI=1S/C13H18N2O/c1-8-7-12(8)13(16)15-11-5-3-10(4-6-11)9(2)14/h3-6,8-9,12H,7,14H2,1-2H3,(H,15,16). The Balaban J connectivity index is 1.97. The molecule has 16 heavy (non-hydrogen) atoms. The van der Waals surface area contributed by atoms with Gasteiger partial charge < -0.3 is 11.1 Å². The smallest absolute Gasteiger partial charge is 0.227 e. The first-order valence-corrected chi connectivity index (χ1v) is 5.74. The number of hydrogen-bond donors (Lipinski definition) is 2. The molecule has 1 fully saturated rings. The van der Waals surface area contributed by atoms with Crippen LogP contribution in [0, 0.1) is 11.8 Å². The summed E-state index contributed by atoms with van der Waals surface area (Å²) in [5.41, 5.74) is 7.69. The molecule has 3 unspecified atom stereocenters. The van der Waals surface area contributed by atoms with E-state index in [0.717, 1.165) is 17.7 Å². The highest BCUT2D eigenvalue weighted by molar-refractivity contribution is 5.94. The van der Waals surface area contributed by atoms with Gasteiger partial charge in [-0.2, -0.15) is 0 Å². The topological polar surface area (TPSA) is 55.1 Å². The maximum absolute atomic E-state index is 11.7. The van der Waals surface area contributed by atoms with Gasteiger partial charge in [0.25, 0.3) is 0 Å². The van der Waals surface area contributed by atoms with Gasteiger partial charge in [-0.25, -0.2) is 0 Å². The van der Waals surface area contributed by atoms with Crippen LogP contribution in [0.5, 0.6) is 0 Å². The average Bonchev–Trinajstić information content (AvgIpc) is 2.96. The van der Waals surface area contributed by atoms with Gasteiger partial charge in [0.2, 0.25) is 5.91 Å². The van der Waals surface area contributed by atoms with Crippen LogP contribution in [0.2, 0.25) is 0 Å². The van der Waals surface area contributed by atoms with Crippen LogP contribution in [-0.2, 0) is 4.79 Å². The van der Waals surface area contributed by atoms with E-state index < -0.39 is 0 Å². The van der Waals surface area contributed by atoms with Crippen LogP contribution in [0.4, 0.5) is 5.69 Å². The van der Waals surface area contributed by atoms with Gasteiger partial charge in [0.1, 0.15) is 0 Å². The molecule has 1 amide bonds. The van der Waals surface area contributed by atoms with Crippen molar-refractivity contribution in [2.45, 2.75) is 26.3 Å². The Morgan fingerprint density at radius 3 is 2.44 bits per heavy atom. The second kappa shape index (κ2) is 4.26. The number of carbonyl (C=O) groups is 1. The van der Waals surface area contributed by atoms with Gasteiger partial charge in [0.05, 0.1) is 0 Å². The Labute approximate surface area is 96.0 Å². The predicted molar refractivity (Wildman–Crippen MR) is 64.9 cm³/mol. The molecule has 1 aromatic carbocycles. The quantitative estimate of drug-likeness (QED) is 0.818. The molecule has 0 heterocycles. The van der Waals surface area contributed by atoms with Crippen molar-refractivity contribution in [3.05, 3.63) is 29.8 Å². The van der Waals surface area contributed by atoms with Crippen molar-refractivity contribution in [1.82, 2.24) is 0 Å². The molecule has 0 saturated heterocycles. The lowest BCUT2D eigenvalue weighted by Crippen LogP contribution is -2.14. The van der Waals surface area contributed by atoms with Crippen LogP contribution in [0.1, 0.15) is 31.9 Å². The third kappa shape index (κ3) is 2.42. The summed E-state index contributed by atoms with van der Waals surface area (Å²) in [4.78, 5) is 11.7. The second-order valence-corrected chi connectivity index (χ2v) is 4.72. The van der Waals surface area contributed by atoms with Crippen molar-refractivity contribution in [3.8, 4) is 0 Å². The lowest BCUT2D eigenvalue weighted by atomic mass is 10.1. The zero-order valence-corrected chi connectivity index (χ0v) is 9.73. The van der Waals surface area contributed by atoms with E-state index >= 15 is 0 Å². The lowest BCUT2D eigenvalue weighted by Gasteiger charge is -2.08. The summed E-state index contributed by atoms with van der Waals surface area (Å²) in [5, 5.41) is 2.92. The lowest BCUT2D eigenvalue weighted by molar-refractivity contribution is -0.117. The van der Waals surface area contributed by atoms with Gasteiger partial charge in [-0.3, -0.25) is 4.79 Å². The highest BCUT2D eigenvalue weighted by atomic mass is 16.2. The number of anilines is 1. The fourth-order valence-corrected chi connectivity index (χ4v) is 1.79. The van der Waals surface area contributed by atoms with Crippen LogP contribution in [-0.4, -0.2) is 5.91 Å². The van der Waals surface area contributed by atoms with E-state index in [2.05, 4.69) is 12.2 Å². The fourth-order valence-electron chi connectivity index (χ4n) is 1.79. The normalized spacial score (nSPS) is 24.9. The summed E-state index contributed by atoms with van der Waals surface area (Å²) in [6.07, 6.45) is 1.02. The Hall–Kier alpha value is -1.35. The molecule has 86 valence electrons. The zero-order valence-electron chi connectivity index (χ0n) is 9.73. The van der Waals surface area contributed by atoms with Gasteiger partial charge >= 0.3 is 0 Å². The van der Waals surface area contributed by atoms with E-state index in [9.17, 15) is 4.79 Å². The minimum Gasteiger partial charge on any atom is -0.326 e. The van der Waals surface area contributed by atoms with Crippen molar-refractivity contribution in [2.24, 2.45) is 17.6 Å². The number of hydrogen-bond acceptors (Lipinski definition) is 2. The van der Waals surface area contributed by atoms with Gasteiger partial charge in [-0.15, -0.1) is 0 Å². The molecular formula is C13H18N2O. The van der Waals surface area contributed by atoms with Crippen LogP contribution in [0.3, 0.4) is 0 Å². The molecule has 3 heteroatoms. The van der Waals surface area contributed by atoms with E-state index in [0.29, 0.717) is 5.92 Å². The molecule has 1 saturated carbocycles. The predicted octanol–water partition coefficient (Wildman–Crippen LogP) is 2.30. The van der Waals surface area contributed by atoms with Crippen LogP contribution >= 0.6 is 0 Å². The van der Waals surface area contributed by atoms with Gasteiger partial charge in [0, 0.05) is 17.6 Å². The first-order chi connectivity index (χ1) is 7.58. The molecule has 0 spiro atoms. The molecule has 3 atom stereocenters. The first-order valence-electron chi connectivity index (χ1n) is 5.74. The minimum absolute atomic E-state index is 0.0354. The van der Waals surface area contributed by atoms with Gasteiger partial charge in [-0.1, -0.05) is 19.1 Å². The van der Waals surface area contributed by atoms with E-state index in [1.54, 1.807) is 0 Å². The minimum atomic E-state index is 0.0354. The third-order valence-electron chi connectivity index (χ3n) is 3.15. The van der Waals surface area contributed by atoms with E-state index in [4.69, 9.17) is 5.73 Å². The number of rotatable bonds is 3. The summed E-state index contributed by atoms with van der Waals surface area (Å²) < 4.78 is 0. The molecule has 1 aromatic rings. The monoisotopic (exact) mass is 218 g/mol. The molecule has 0 aromatic heterocycles. The van der Waals surface area contributed by atoms with Crippen LogP contribution in [0.15, 0.2) is 24.3 Å². The van der Waals surface area contributed by atoms with Crippen molar-refractivity contribution in [2.75, 3.05) is 5.32 Å². The molecule has 3 nitrogen and oxygen atoms in total. The summed E-state index contributed by atoms with van der Waals surface area (Å²) >= 11 is 0. The Morgan fingerprint density at radius 1 is 1.44 bits per heavy atom. The number of carbonyl (C=O) groups excluding carboxylic acids is 1. The number of nitrogens with two attached hydrogens (primary N) is 1. The van der Waals surface area contributed by atoms with E-state index in [-0.39, 0.29) is 17.9 Å². The molecule has 3 N–H and O–H groups in total. The van der Waals surface area contributed by atoms with Gasteiger partial charge in [0.15, 0.2) is 0 Å². The molecule has 2 rings (SSSR count). The molecule has 0 bridgehead atoms. The zero-order chi connectivity index (χ0) is 11.7. The summed E-state index contributed by atoms with van der Waals surface area (Å²) in [5.74, 6) is 0.900. The Bertz CT molecular complexity index is 383. The summed E-state index contributed by atoms with van der Waals surface area (Å²) in [6.45, 7) is 4.04. The van der Waals surface area contributed by atoms with Crippen molar-refractivity contribution in [1.29, 1.82) is 0 Å². The summed E-state index contributed by atoms with van der Waals surface area (Å²) in [6, 6.07) is 7.76. The molecule has 1 aliphatic rings. The molecule has 1 aliphatic carbocycles. The Morgan fingerprint density at radius 2 is 2.00 bits per heavy atom. The largest absolute Gasteiger partial charge is 0.326 e. The molecular weight excluding hydrogens is 200 g/mol. The highest BCUT2D eigenvalue weighted by Gasteiger charge is 2.38. The molecule has 0 aliphatic heterocycles. The molecule has 0 radical (unpaired) electrons. The highest BCUT2D eigenvalue weighted by Crippen LogP contribution is 2.38. The third-order valence-corrected chi connectivity index (χ3v) is 3.15. The maximum atomic E-state index is 11.7. The van der Waals surface area contributed by atoms with Crippen molar-refractivity contribution < 1.29 is 4.79 Å². The van der Waals surface area contributed by atoms with Crippen LogP contribution in [0.25, 0.3) is 0 Å². The summed E-state index contributed by atoms with van der Waals surface area (Å²) in [7, 11) is 0. The average molecular weight is 218 g/mol. The van der Waals surface area contributed by atoms with Crippen molar-refractivity contribution >= 4 is 11.6 Å². The van der Waals surface area contributed by atoms with E-state index in [1.807, 2.05) is 31.2 Å². The van der Waals surface area contributed by atoms with E-state index in [1.165, 1.54) is 0 Å². The number of benzene rings is 1. The SMILES string of the molecule is CC(N)c1ccc(NC(=O)C2CC2C)cc1. The Kier molecular flexibility index (Phi) is 2.97. The van der Waals surface area contributed by atoms with Crippen molar-refractivity contribution in [3.63, 3.8) is 0 Å². The number of amides is 1. The van der Waals surface area contributed by atoms with Crippen LogP contribution < -0.4 is 11.1 Å².